The predicted molar refractivity (Wildman–Crippen MR) is 112 cm³/mol. The molecular weight excluding hydrogens is 456 g/mol. The molecule has 0 bridgehead atoms. The molecule has 8 heteroatoms. The van der Waals surface area contributed by atoms with Crippen LogP contribution >= 0.6 is 15.9 Å². The molecule has 0 saturated heterocycles. The summed E-state index contributed by atoms with van der Waals surface area (Å²) in [6.07, 6.45) is 0. The number of carbonyl (C=O) groups is 2. The minimum atomic E-state index is -4.02. The van der Waals surface area contributed by atoms with Gasteiger partial charge in [-0.1, -0.05) is 28.1 Å². The first kappa shape index (κ1) is 19.6. The van der Waals surface area contributed by atoms with Gasteiger partial charge < -0.3 is 4.57 Å². The van der Waals surface area contributed by atoms with Gasteiger partial charge >= 0.3 is 0 Å². The highest BCUT2D eigenvalue weighted by Gasteiger charge is 2.42. The number of aryl methyl sites for hydroxylation is 1. The number of Topliss-reactive ketones (excluding diaryl/α,β-unsaturated/α-hetero) is 1. The molecule has 29 heavy (non-hydrogen) atoms. The number of hydrogen-bond acceptors (Lipinski definition) is 4. The van der Waals surface area contributed by atoms with E-state index in [0.717, 1.165) is 15.9 Å². The first-order valence-corrected chi connectivity index (χ1v) is 11.1. The second-order valence-corrected chi connectivity index (χ2v) is 9.58. The summed E-state index contributed by atoms with van der Waals surface area (Å²) in [5.41, 5.74) is 2.91. The Bertz CT molecular complexity index is 1260. The van der Waals surface area contributed by atoms with Gasteiger partial charge in [-0.15, -0.1) is 0 Å². The molecule has 0 N–H and O–H groups in total. The Hall–Kier alpha value is -2.71. The van der Waals surface area contributed by atoms with Crippen LogP contribution in [0.5, 0.6) is 0 Å². The van der Waals surface area contributed by atoms with Gasteiger partial charge in [-0.25, -0.2) is 12.7 Å². The maximum absolute atomic E-state index is 13.0. The van der Waals surface area contributed by atoms with Gasteiger partial charge in [-0.2, -0.15) is 0 Å². The molecule has 2 aromatic carbocycles. The SMILES string of the molecule is Cc1cc(C(=O)CN2C(=O)c3ccccc3S2(=O)=O)c(C)n1-c1ccc(Br)cc1. The summed E-state index contributed by atoms with van der Waals surface area (Å²) in [5.74, 6) is -1.10. The van der Waals surface area contributed by atoms with E-state index in [1.54, 1.807) is 25.1 Å². The van der Waals surface area contributed by atoms with Crippen LogP contribution in [0.4, 0.5) is 0 Å². The summed E-state index contributed by atoms with van der Waals surface area (Å²) in [4.78, 5) is 25.5. The Morgan fingerprint density at radius 2 is 1.69 bits per heavy atom. The van der Waals surface area contributed by atoms with Crippen molar-refractivity contribution in [3.8, 4) is 5.69 Å². The Kier molecular flexibility index (Phi) is 4.71. The summed E-state index contributed by atoms with van der Waals surface area (Å²) in [6.45, 7) is 3.15. The molecule has 1 amide bonds. The van der Waals surface area contributed by atoms with Crippen LogP contribution in [0.1, 0.15) is 32.1 Å². The van der Waals surface area contributed by atoms with Crippen molar-refractivity contribution < 1.29 is 18.0 Å². The topological polar surface area (TPSA) is 76.5 Å². The van der Waals surface area contributed by atoms with E-state index >= 15 is 0 Å². The fourth-order valence-corrected chi connectivity index (χ4v) is 5.42. The van der Waals surface area contributed by atoms with Crippen LogP contribution in [0.25, 0.3) is 5.69 Å². The van der Waals surface area contributed by atoms with Gasteiger partial charge in [0, 0.05) is 27.1 Å². The van der Waals surface area contributed by atoms with Gasteiger partial charge in [0.25, 0.3) is 15.9 Å². The molecule has 4 rings (SSSR count). The largest absolute Gasteiger partial charge is 0.318 e. The van der Waals surface area contributed by atoms with E-state index in [1.807, 2.05) is 35.8 Å². The zero-order chi connectivity index (χ0) is 20.9. The number of fused-ring (bicyclic) bond motifs is 1. The van der Waals surface area contributed by atoms with E-state index < -0.39 is 28.3 Å². The van der Waals surface area contributed by atoms with Gasteiger partial charge in [-0.05, 0) is 56.3 Å². The standard InChI is InChI=1S/C21H17BrN2O4S/c1-13-11-18(14(2)24(13)16-9-7-15(22)8-10-16)19(25)12-23-21(26)17-5-3-4-6-20(17)29(23,27)28/h3-11H,12H2,1-2H3. The molecule has 6 nitrogen and oxygen atoms in total. The van der Waals surface area contributed by atoms with Crippen molar-refractivity contribution in [3.05, 3.63) is 81.6 Å². The van der Waals surface area contributed by atoms with E-state index in [4.69, 9.17) is 0 Å². The average molecular weight is 473 g/mol. The molecule has 0 radical (unpaired) electrons. The molecule has 1 aromatic heterocycles. The first-order chi connectivity index (χ1) is 13.7. The maximum Gasteiger partial charge on any atom is 0.269 e. The van der Waals surface area contributed by atoms with Crippen molar-refractivity contribution in [3.63, 3.8) is 0 Å². The molecule has 0 unspecified atom stereocenters. The highest BCUT2D eigenvalue weighted by atomic mass is 79.9. The maximum atomic E-state index is 13.0. The Morgan fingerprint density at radius 1 is 1.03 bits per heavy atom. The number of halogens is 1. The summed E-state index contributed by atoms with van der Waals surface area (Å²) in [7, 11) is -4.02. The molecular formula is C21H17BrN2O4S. The number of ketones is 1. The van der Waals surface area contributed by atoms with Crippen LogP contribution < -0.4 is 0 Å². The van der Waals surface area contributed by atoms with Gasteiger partial charge in [0.1, 0.15) is 11.4 Å². The van der Waals surface area contributed by atoms with Gasteiger partial charge in [0.2, 0.25) is 0 Å². The highest BCUT2D eigenvalue weighted by Crippen LogP contribution is 2.30. The molecule has 148 valence electrons. The summed E-state index contributed by atoms with van der Waals surface area (Å²) >= 11 is 3.40. The van der Waals surface area contributed by atoms with Gasteiger partial charge in [0.05, 0.1) is 5.56 Å². The van der Waals surface area contributed by atoms with Crippen LogP contribution in [0.15, 0.2) is 64.0 Å². The van der Waals surface area contributed by atoms with E-state index in [-0.39, 0.29) is 10.5 Å². The van der Waals surface area contributed by atoms with Crippen molar-refractivity contribution in [1.82, 2.24) is 8.87 Å². The number of amides is 1. The van der Waals surface area contributed by atoms with Crippen molar-refractivity contribution in [1.29, 1.82) is 0 Å². The van der Waals surface area contributed by atoms with Crippen molar-refractivity contribution in [2.24, 2.45) is 0 Å². The molecule has 0 aliphatic carbocycles. The van der Waals surface area contributed by atoms with Crippen LogP contribution in [-0.4, -0.2) is 35.5 Å². The molecule has 1 aliphatic rings. The zero-order valence-electron chi connectivity index (χ0n) is 15.7. The average Bonchev–Trinajstić information content (AvgIpc) is 3.09. The summed E-state index contributed by atoms with van der Waals surface area (Å²) < 4.78 is 29.0. The van der Waals surface area contributed by atoms with E-state index in [0.29, 0.717) is 15.6 Å². The fourth-order valence-electron chi connectivity index (χ4n) is 3.64. The summed E-state index contributed by atoms with van der Waals surface area (Å²) in [5, 5.41) is 0. The minimum Gasteiger partial charge on any atom is -0.318 e. The van der Waals surface area contributed by atoms with Crippen LogP contribution in [0, 0.1) is 13.8 Å². The van der Waals surface area contributed by atoms with Crippen molar-refractivity contribution in [2.45, 2.75) is 18.7 Å². The number of aromatic nitrogens is 1. The third kappa shape index (κ3) is 3.12. The third-order valence-electron chi connectivity index (χ3n) is 5.02. The fraction of sp³-hybridized carbons (Fsp3) is 0.143. The predicted octanol–water partition coefficient (Wildman–Crippen LogP) is 3.88. The lowest BCUT2D eigenvalue weighted by Crippen LogP contribution is -2.35. The third-order valence-corrected chi connectivity index (χ3v) is 7.33. The number of nitrogens with zero attached hydrogens (tertiary/aromatic N) is 2. The monoisotopic (exact) mass is 472 g/mol. The second-order valence-electron chi connectivity index (χ2n) is 6.83. The van der Waals surface area contributed by atoms with Crippen LogP contribution in [0.3, 0.4) is 0 Å². The number of benzene rings is 2. The highest BCUT2D eigenvalue weighted by molar-refractivity contribution is 9.10. The van der Waals surface area contributed by atoms with Gasteiger partial charge in [0.15, 0.2) is 5.78 Å². The van der Waals surface area contributed by atoms with Crippen molar-refractivity contribution >= 4 is 37.6 Å². The quantitative estimate of drug-likeness (QED) is 0.539. The molecule has 1 aliphatic heterocycles. The number of hydrogen-bond donors (Lipinski definition) is 0. The molecule has 2 heterocycles. The lowest BCUT2D eigenvalue weighted by Gasteiger charge is -2.14. The Labute approximate surface area is 176 Å². The number of sulfonamides is 1. The molecule has 3 aromatic rings. The Balaban J connectivity index is 1.68. The first-order valence-electron chi connectivity index (χ1n) is 8.86. The second kappa shape index (κ2) is 6.96. The van der Waals surface area contributed by atoms with E-state index in [1.165, 1.54) is 12.1 Å². The molecule has 0 atom stereocenters. The molecule has 0 saturated carbocycles. The van der Waals surface area contributed by atoms with E-state index in [9.17, 15) is 18.0 Å². The normalized spacial score (nSPS) is 14.9. The summed E-state index contributed by atoms with van der Waals surface area (Å²) in [6, 6.07) is 15.4. The lowest BCUT2D eigenvalue weighted by atomic mass is 10.1. The van der Waals surface area contributed by atoms with E-state index in [2.05, 4.69) is 15.9 Å². The van der Waals surface area contributed by atoms with Crippen molar-refractivity contribution in [2.75, 3.05) is 6.54 Å². The smallest absolute Gasteiger partial charge is 0.269 e. The minimum absolute atomic E-state index is 0.0573. The van der Waals surface area contributed by atoms with Crippen LogP contribution in [-0.2, 0) is 10.0 Å². The van der Waals surface area contributed by atoms with Gasteiger partial charge in [-0.3, -0.25) is 9.59 Å². The number of rotatable bonds is 4. The zero-order valence-corrected chi connectivity index (χ0v) is 18.1. The lowest BCUT2D eigenvalue weighted by molar-refractivity contribution is 0.0820. The number of carbonyl (C=O) groups excluding carboxylic acids is 2. The Morgan fingerprint density at radius 3 is 2.34 bits per heavy atom. The molecule has 0 fully saturated rings. The molecule has 0 spiro atoms. The van der Waals surface area contributed by atoms with Crippen LogP contribution in [0.2, 0.25) is 0 Å².